The van der Waals surface area contributed by atoms with E-state index in [1.807, 2.05) is 0 Å². The number of likely N-dealkylation sites (tertiary alicyclic amines) is 1. The highest BCUT2D eigenvalue weighted by atomic mass is 32.2. The molecule has 1 aromatic carbocycles. The number of ether oxygens (including phenoxy) is 1. The monoisotopic (exact) mass is 410 g/mol. The molecule has 0 saturated carbocycles. The SMILES string of the molecule is CC(=O)c1ccc(S(=O)(=O)N[C@@H](C)C(=O)O[C@H](C)C(=O)N2CCCCC2)cc1. The summed E-state index contributed by atoms with van der Waals surface area (Å²) in [5.41, 5.74) is 0.386. The number of hydrogen-bond donors (Lipinski definition) is 1. The molecule has 1 aromatic rings. The first-order valence-electron chi connectivity index (χ1n) is 9.24. The van der Waals surface area contributed by atoms with Gasteiger partial charge in [0.1, 0.15) is 6.04 Å². The fraction of sp³-hybridized carbons (Fsp3) is 0.526. The van der Waals surface area contributed by atoms with Gasteiger partial charge in [-0.05, 0) is 52.2 Å². The lowest BCUT2D eigenvalue weighted by Crippen LogP contribution is -2.45. The molecule has 1 heterocycles. The van der Waals surface area contributed by atoms with Crippen LogP contribution in [-0.2, 0) is 24.3 Å². The minimum atomic E-state index is -3.98. The van der Waals surface area contributed by atoms with E-state index in [0.29, 0.717) is 18.7 Å². The van der Waals surface area contributed by atoms with Crippen LogP contribution in [0.15, 0.2) is 29.2 Å². The van der Waals surface area contributed by atoms with E-state index in [2.05, 4.69) is 4.72 Å². The van der Waals surface area contributed by atoms with E-state index in [0.717, 1.165) is 19.3 Å². The Labute approximate surface area is 165 Å². The van der Waals surface area contributed by atoms with Gasteiger partial charge in [0.2, 0.25) is 10.0 Å². The maximum atomic E-state index is 12.4. The molecule has 2 atom stereocenters. The van der Waals surface area contributed by atoms with Crippen LogP contribution in [0.25, 0.3) is 0 Å². The number of amides is 1. The number of carbonyl (C=O) groups is 3. The highest BCUT2D eigenvalue weighted by Gasteiger charge is 2.29. The van der Waals surface area contributed by atoms with E-state index >= 15 is 0 Å². The number of sulfonamides is 1. The molecule has 0 unspecified atom stereocenters. The third-order valence-electron chi connectivity index (χ3n) is 4.57. The van der Waals surface area contributed by atoms with Crippen LogP contribution in [0.2, 0.25) is 0 Å². The number of nitrogens with one attached hydrogen (secondary N) is 1. The zero-order chi connectivity index (χ0) is 20.9. The van der Waals surface area contributed by atoms with E-state index in [1.54, 1.807) is 4.90 Å². The van der Waals surface area contributed by atoms with E-state index in [-0.39, 0.29) is 16.6 Å². The number of rotatable bonds is 7. The van der Waals surface area contributed by atoms with Gasteiger partial charge in [-0.2, -0.15) is 4.72 Å². The van der Waals surface area contributed by atoms with Crippen LogP contribution >= 0.6 is 0 Å². The highest BCUT2D eigenvalue weighted by molar-refractivity contribution is 7.89. The summed E-state index contributed by atoms with van der Waals surface area (Å²) in [5, 5.41) is 0. The molecule has 1 aliphatic heterocycles. The van der Waals surface area contributed by atoms with Crippen molar-refractivity contribution < 1.29 is 27.5 Å². The van der Waals surface area contributed by atoms with Crippen LogP contribution in [0.5, 0.6) is 0 Å². The summed E-state index contributed by atoms with van der Waals surface area (Å²) in [6.07, 6.45) is 1.94. The molecule has 154 valence electrons. The van der Waals surface area contributed by atoms with E-state index in [1.165, 1.54) is 45.0 Å². The van der Waals surface area contributed by atoms with Crippen LogP contribution in [-0.4, -0.2) is 56.2 Å². The molecule has 28 heavy (non-hydrogen) atoms. The Morgan fingerprint density at radius 2 is 1.61 bits per heavy atom. The molecular formula is C19H26N2O6S. The molecule has 0 aliphatic carbocycles. The third kappa shape index (κ3) is 5.62. The van der Waals surface area contributed by atoms with Crippen molar-refractivity contribution in [2.75, 3.05) is 13.1 Å². The van der Waals surface area contributed by atoms with Gasteiger partial charge in [0, 0.05) is 18.7 Å². The Kier molecular flexibility index (Phi) is 7.31. The Morgan fingerprint density at radius 3 is 2.14 bits per heavy atom. The summed E-state index contributed by atoms with van der Waals surface area (Å²) in [6.45, 7) is 5.49. The van der Waals surface area contributed by atoms with Gasteiger partial charge in [0.15, 0.2) is 11.9 Å². The Balaban J connectivity index is 1.96. The average Bonchev–Trinajstić information content (AvgIpc) is 2.67. The van der Waals surface area contributed by atoms with Crippen molar-refractivity contribution in [1.29, 1.82) is 0 Å². The van der Waals surface area contributed by atoms with Gasteiger partial charge in [0.05, 0.1) is 4.90 Å². The van der Waals surface area contributed by atoms with Gasteiger partial charge < -0.3 is 9.64 Å². The maximum absolute atomic E-state index is 12.4. The van der Waals surface area contributed by atoms with Crippen molar-refractivity contribution in [3.05, 3.63) is 29.8 Å². The summed E-state index contributed by atoms with van der Waals surface area (Å²) in [5.74, 6) is -1.29. The first-order valence-corrected chi connectivity index (χ1v) is 10.7. The maximum Gasteiger partial charge on any atom is 0.324 e. The number of nitrogens with zero attached hydrogens (tertiary/aromatic N) is 1. The van der Waals surface area contributed by atoms with Gasteiger partial charge in [-0.25, -0.2) is 8.42 Å². The minimum absolute atomic E-state index is 0.0745. The fourth-order valence-electron chi connectivity index (χ4n) is 2.92. The fourth-order valence-corrected chi connectivity index (χ4v) is 4.11. The summed E-state index contributed by atoms with van der Waals surface area (Å²) in [6, 6.07) is 4.21. The molecule has 1 N–H and O–H groups in total. The van der Waals surface area contributed by atoms with Gasteiger partial charge in [-0.1, -0.05) is 12.1 Å². The molecular weight excluding hydrogens is 384 g/mol. The summed E-state index contributed by atoms with van der Waals surface area (Å²) < 4.78 is 32.2. The summed E-state index contributed by atoms with van der Waals surface area (Å²) in [4.78, 5) is 37.4. The quantitative estimate of drug-likeness (QED) is 0.539. The lowest BCUT2D eigenvalue weighted by molar-refractivity contribution is -0.160. The third-order valence-corrected chi connectivity index (χ3v) is 6.12. The number of piperidine rings is 1. The van der Waals surface area contributed by atoms with E-state index < -0.39 is 28.1 Å². The van der Waals surface area contributed by atoms with E-state index in [4.69, 9.17) is 4.74 Å². The topological polar surface area (TPSA) is 110 Å². The van der Waals surface area contributed by atoms with Gasteiger partial charge >= 0.3 is 5.97 Å². The normalized spacial score (nSPS) is 16.9. The number of benzene rings is 1. The van der Waals surface area contributed by atoms with Gasteiger partial charge in [-0.15, -0.1) is 0 Å². The average molecular weight is 410 g/mol. The van der Waals surface area contributed by atoms with Crippen LogP contribution < -0.4 is 4.72 Å². The van der Waals surface area contributed by atoms with E-state index in [9.17, 15) is 22.8 Å². The lowest BCUT2D eigenvalue weighted by Gasteiger charge is -2.29. The zero-order valence-corrected chi connectivity index (χ0v) is 17.1. The van der Waals surface area contributed by atoms with Crippen LogP contribution in [0.4, 0.5) is 0 Å². The van der Waals surface area contributed by atoms with Gasteiger partial charge in [0.25, 0.3) is 5.91 Å². The molecule has 0 spiro atoms. The second kappa shape index (κ2) is 9.29. The summed E-state index contributed by atoms with van der Waals surface area (Å²) >= 11 is 0. The minimum Gasteiger partial charge on any atom is -0.451 e. The van der Waals surface area contributed by atoms with Crippen molar-refractivity contribution in [2.45, 2.75) is 57.1 Å². The zero-order valence-electron chi connectivity index (χ0n) is 16.3. The molecule has 9 heteroatoms. The molecule has 1 fully saturated rings. The Hall–Kier alpha value is -2.26. The largest absolute Gasteiger partial charge is 0.451 e. The molecule has 0 aromatic heterocycles. The Bertz CT molecular complexity index is 828. The second-order valence-electron chi connectivity index (χ2n) is 6.89. The van der Waals surface area contributed by atoms with Crippen LogP contribution in [0.1, 0.15) is 50.4 Å². The molecule has 2 rings (SSSR count). The molecule has 1 amide bonds. The first-order chi connectivity index (χ1) is 13.1. The second-order valence-corrected chi connectivity index (χ2v) is 8.60. The van der Waals surface area contributed by atoms with Crippen molar-refractivity contribution in [2.24, 2.45) is 0 Å². The smallest absolute Gasteiger partial charge is 0.324 e. The first kappa shape index (κ1) is 22.0. The van der Waals surface area contributed by atoms with Crippen molar-refractivity contribution >= 4 is 27.7 Å². The predicted molar refractivity (Wildman–Crippen MR) is 102 cm³/mol. The van der Waals surface area contributed by atoms with Crippen molar-refractivity contribution in [1.82, 2.24) is 9.62 Å². The van der Waals surface area contributed by atoms with Crippen LogP contribution in [0.3, 0.4) is 0 Å². The van der Waals surface area contributed by atoms with Crippen LogP contribution in [0, 0.1) is 0 Å². The number of hydrogen-bond acceptors (Lipinski definition) is 6. The van der Waals surface area contributed by atoms with Gasteiger partial charge in [-0.3, -0.25) is 14.4 Å². The Morgan fingerprint density at radius 1 is 1.04 bits per heavy atom. The molecule has 1 aliphatic rings. The molecule has 0 radical (unpaired) electrons. The standard InChI is InChI=1S/C19H26N2O6S/c1-13(19(24)27-15(3)18(23)21-11-5-4-6-12-21)20-28(25,26)17-9-7-16(8-10-17)14(2)22/h7-10,13,15,20H,4-6,11-12H2,1-3H3/t13-,15+/m0/s1. The van der Waals surface area contributed by atoms with Crippen molar-refractivity contribution in [3.8, 4) is 0 Å². The molecule has 0 bridgehead atoms. The summed E-state index contributed by atoms with van der Waals surface area (Å²) in [7, 11) is -3.98. The molecule has 1 saturated heterocycles. The molecule has 8 nitrogen and oxygen atoms in total. The number of Topliss-reactive ketones (excluding diaryl/α,β-unsaturated/α-hetero) is 1. The van der Waals surface area contributed by atoms with Crippen molar-refractivity contribution in [3.63, 3.8) is 0 Å². The number of carbonyl (C=O) groups excluding carboxylic acids is 3. The number of ketones is 1. The predicted octanol–water partition coefficient (Wildman–Crippen LogP) is 1.50. The highest BCUT2D eigenvalue weighted by Crippen LogP contribution is 2.13. The number of esters is 1. The lowest BCUT2D eigenvalue weighted by atomic mass is 10.1.